The maximum absolute atomic E-state index is 4.14. The van der Waals surface area contributed by atoms with Crippen molar-refractivity contribution >= 4 is 0 Å². The molecule has 2 aromatic rings. The molecule has 82 valence electrons. The Morgan fingerprint density at radius 3 is 2.44 bits per heavy atom. The van der Waals surface area contributed by atoms with E-state index in [-0.39, 0.29) is 6.04 Å². The van der Waals surface area contributed by atoms with Crippen molar-refractivity contribution in [2.45, 2.75) is 12.5 Å². The normalized spacial score (nSPS) is 12.3. The predicted molar refractivity (Wildman–Crippen MR) is 64.0 cm³/mol. The first-order valence-electron chi connectivity index (χ1n) is 5.36. The molecule has 0 bridgehead atoms. The Hall–Kier alpha value is -1.74. The van der Waals surface area contributed by atoms with Crippen molar-refractivity contribution in [1.82, 2.24) is 15.3 Å². The van der Waals surface area contributed by atoms with Gasteiger partial charge in [0.15, 0.2) is 0 Å². The van der Waals surface area contributed by atoms with Crippen LogP contribution in [0.1, 0.15) is 17.2 Å². The molecule has 0 saturated carbocycles. The third-order valence-electron chi connectivity index (χ3n) is 2.60. The van der Waals surface area contributed by atoms with Gasteiger partial charge in [0.05, 0.1) is 0 Å². The fourth-order valence-electron chi connectivity index (χ4n) is 1.72. The average Bonchev–Trinajstić information content (AvgIpc) is 2.38. The molecule has 0 aliphatic heterocycles. The van der Waals surface area contributed by atoms with Crippen molar-refractivity contribution in [2.75, 3.05) is 7.05 Å². The maximum atomic E-state index is 4.14. The zero-order chi connectivity index (χ0) is 11.2. The first kappa shape index (κ1) is 10.8. The van der Waals surface area contributed by atoms with Crippen molar-refractivity contribution in [2.24, 2.45) is 0 Å². The number of hydrogen-bond donors (Lipinski definition) is 1. The standard InChI is InChI=1S/C13H15N3/c1-14-13(12-5-3-7-16-10-12)8-11-4-2-6-15-9-11/h2-7,9-10,13-14H,8H2,1H3. The van der Waals surface area contributed by atoms with Gasteiger partial charge in [-0.3, -0.25) is 9.97 Å². The second-order valence-electron chi connectivity index (χ2n) is 3.69. The molecule has 0 radical (unpaired) electrons. The largest absolute Gasteiger partial charge is 0.313 e. The summed E-state index contributed by atoms with van der Waals surface area (Å²) in [6.45, 7) is 0. The van der Waals surface area contributed by atoms with Crippen LogP contribution in [0.25, 0.3) is 0 Å². The van der Waals surface area contributed by atoms with Gasteiger partial charge in [0.25, 0.3) is 0 Å². The van der Waals surface area contributed by atoms with Gasteiger partial charge in [-0.1, -0.05) is 12.1 Å². The molecule has 0 saturated heterocycles. The van der Waals surface area contributed by atoms with E-state index in [1.54, 1.807) is 12.4 Å². The topological polar surface area (TPSA) is 37.8 Å². The van der Waals surface area contributed by atoms with Crippen LogP contribution in [0.15, 0.2) is 49.1 Å². The molecule has 0 spiro atoms. The maximum Gasteiger partial charge on any atom is 0.0374 e. The summed E-state index contributed by atoms with van der Waals surface area (Å²) in [5.74, 6) is 0. The molecule has 0 fully saturated rings. The minimum absolute atomic E-state index is 0.290. The van der Waals surface area contributed by atoms with E-state index in [0.717, 1.165) is 6.42 Å². The van der Waals surface area contributed by atoms with Crippen LogP contribution in [0.4, 0.5) is 0 Å². The Labute approximate surface area is 95.6 Å². The molecule has 0 aliphatic rings. The number of pyridine rings is 2. The molecule has 2 heterocycles. The number of aromatic nitrogens is 2. The Balaban J connectivity index is 2.13. The van der Waals surface area contributed by atoms with Crippen LogP contribution in [-0.4, -0.2) is 17.0 Å². The van der Waals surface area contributed by atoms with Crippen LogP contribution >= 0.6 is 0 Å². The molecule has 1 unspecified atom stereocenters. The van der Waals surface area contributed by atoms with Gasteiger partial charge in [0.2, 0.25) is 0 Å². The molecule has 0 aliphatic carbocycles. The lowest BCUT2D eigenvalue weighted by Crippen LogP contribution is -2.18. The van der Waals surface area contributed by atoms with Crippen molar-refractivity contribution in [3.63, 3.8) is 0 Å². The molecule has 0 aromatic carbocycles. The van der Waals surface area contributed by atoms with Gasteiger partial charge in [0.1, 0.15) is 0 Å². The minimum atomic E-state index is 0.290. The number of nitrogens with one attached hydrogen (secondary N) is 1. The Morgan fingerprint density at radius 2 is 1.88 bits per heavy atom. The highest BCUT2D eigenvalue weighted by molar-refractivity contribution is 5.19. The van der Waals surface area contributed by atoms with Gasteiger partial charge in [0, 0.05) is 30.8 Å². The van der Waals surface area contributed by atoms with Gasteiger partial charge < -0.3 is 5.32 Å². The molecule has 3 heteroatoms. The van der Waals surface area contributed by atoms with Crippen molar-refractivity contribution in [1.29, 1.82) is 0 Å². The van der Waals surface area contributed by atoms with Crippen molar-refractivity contribution in [3.05, 3.63) is 60.2 Å². The molecular weight excluding hydrogens is 198 g/mol. The van der Waals surface area contributed by atoms with Crippen LogP contribution in [-0.2, 0) is 6.42 Å². The lowest BCUT2D eigenvalue weighted by molar-refractivity contribution is 0.589. The SMILES string of the molecule is CNC(Cc1cccnc1)c1cccnc1. The van der Waals surface area contributed by atoms with Crippen LogP contribution in [0.5, 0.6) is 0 Å². The molecule has 2 aromatic heterocycles. The Kier molecular flexibility index (Phi) is 3.62. The molecule has 1 N–H and O–H groups in total. The summed E-state index contributed by atoms with van der Waals surface area (Å²) in [4.78, 5) is 8.26. The number of hydrogen-bond acceptors (Lipinski definition) is 3. The second-order valence-corrected chi connectivity index (χ2v) is 3.69. The first-order chi connectivity index (χ1) is 7.90. The van der Waals surface area contributed by atoms with E-state index in [9.17, 15) is 0 Å². The Bertz CT molecular complexity index is 414. The summed E-state index contributed by atoms with van der Waals surface area (Å²) in [7, 11) is 1.97. The van der Waals surface area contributed by atoms with E-state index in [0.29, 0.717) is 0 Å². The van der Waals surface area contributed by atoms with Gasteiger partial charge in [-0.05, 0) is 36.7 Å². The second kappa shape index (κ2) is 5.37. The van der Waals surface area contributed by atoms with Crippen LogP contribution in [0.3, 0.4) is 0 Å². The first-order valence-corrected chi connectivity index (χ1v) is 5.36. The molecule has 1 atom stereocenters. The molecule has 16 heavy (non-hydrogen) atoms. The summed E-state index contributed by atoms with van der Waals surface area (Å²) in [6, 6.07) is 8.39. The zero-order valence-corrected chi connectivity index (χ0v) is 9.30. The fourth-order valence-corrected chi connectivity index (χ4v) is 1.72. The number of rotatable bonds is 4. The van der Waals surface area contributed by atoms with Crippen LogP contribution in [0, 0.1) is 0 Å². The quantitative estimate of drug-likeness (QED) is 0.844. The summed E-state index contributed by atoms with van der Waals surface area (Å²) < 4.78 is 0. The van der Waals surface area contributed by atoms with E-state index >= 15 is 0 Å². The number of likely N-dealkylation sites (N-methyl/N-ethyl adjacent to an activating group) is 1. The lowest BCUT2D eigenvalue weighted by Gasteiger charge is -2.15. The third kappa shape index (κ3) is 2.64. The van der Waals surface area contributed by atoms with E-state index < -0.39 is 0 Å². The van der Waals surface area contributed by atoms with E-state index in [2.05, 4.69) is 27.4 Å². The van der Waals surface area contributed by atoms with E-state index in [1.807, 2.05) is 31.6 Å². The summed E-state index contributed by atoms with van der Waals surface area (Å²) in [5, 5.41) is 3.30. The molecule has 0 amide bonds. The smallest absolute Gasteiger partial charge is 0.0374 e. The van der Waals surface area contributed by atoms with Gasteiger partial charge in [-0.25, -0.2) is 0 Å². The van der Waals surface area contributed by atoms with Crippen LogP contribution < -0.4 is 5.32 Å². The molecular formula is C13H15N3. The monoisotopic (exact) mass is 213 g/mol. The van der Waals surface area contributed by atoms with Crippen molar-refractivity contribution in [3.8, 4) is 0 Å². The average molecular weight is 213 g/mol. The van der Waals surface area contributed by atoms with Crippen molar-refractivity contribution < 1.29 is 0 Å². The van der Waals surface area contributed by atoms with Crippen LogP contribution in [0.2, 0.25) is 0 Å². The highest BCUT2D eigenvalue weighted by Crippen LogP contribution is 2.16. The van der Waals surface area contributed by atoms with E-state index in [4.69, 9.17) is 0 Å². The predicted octanol–water partition coefficient (Wildman–Crippen LogP) is 1.98. The highest BCUT2D eigenvalue weighted by atomic mass is 14.9. The lowest BCUT2D eigenvalue weighted by atomic mass is 10.0. The summed E-state index contributed by atoms with van der Waals surface area (Å²) >= 11 is 0. The molecule has 2 rings (SSSR count). The van der Waals surface area contributed by atoms with Gasteiger partial charge >= 0.3 is 0 Å². The zero-order valence-electron chi connectivity index (χ0n) is 9.30. The summed E-state index contributed by atoms with van der Waals surface area (Å²) in [5.41, 5.74) is 2.43. The third-order valence-corrected chi connectivity index (χ3v) is 2.60. The minimum Gasteiger partial charge on any atom is -0.313 e. The highest BCUT2D eigenvalue weighted by Gasteiger charge is 2.09. The number of nitrogens with zero attached hydrogens (tertiary/aromatic N) is 2. The van der Waals surface area contributed by atoms with Gasteiger partial charge in [-0.2, -0.15) is 0 Å². The molecule has 3 nitrogen and oxygen atoms in total. The fraction of sp³-hybridized carbons (Fsp3) is 0.231. The summed E-state index contributed by atoms with van der Waals surface area (Å²) in [6.07, 6.45) is 8.32. The van der Waals surface area contributed by atoms with E-state index in [1.165, 1.54) is 11.1 Å². The Morgan fingerprint density at radius 1 is 1.12 bits per heavy atom. The van der Waals surface area contributed by atoms with Gasteiger partial charge in [-0.15, -0.1) is 0 Å².